The number of carbonyl (C=O) groups excluding carboxylic acids is 2. The van der Waals surface area contributed by atoms with E-state index in [0.29, 0.717) is 0 Å². The van der Waals surface area contributed by atoms with Crippen LogP contribution in [0, 0.1) is 0 Å². The zero-order valence-corrected chi connectivity index (χ0v) is 10.1. The van der Waals surface area contributed by atoms with E-state index in [1.54, 1.807) is 0 Å². The van der Waals surface area contributed by atoms with Crippen LogP contribution in [0.3, 0.4) is 0 Å². The van der Waals surface area contributed by atoms with Crippen LogP contribution in [0.2, 0.25) is 0 Å². The molecule has 0 heterocycles. The molecule has 0 unspecified atom stereocenters. The van der Waals surface area contributed by atoms with E-state index in [0.717, 1.165) is 35.0 Å². The predicted octanol–water partition coefficient (Wildman–Crippen LogP) is 1.63. The van der Waals surface area contributed by atoms with E-state index in [9.17, 15) is 9.59 Å². The van der Waals surface area contributed by atoms with Gasteiger partial charge in [0, 0.05) is 0 Å². The van der Waals surface area contributed by atoms with Gasteiger partial charge in [-0.15, -0.1) is 0 Å². The molecule has 13 heavy (non-hydrogen) atoms. The van der Waals surface area contributed by atoms with Crippen LogP contribution in [0.15, 0.2) is 0 Å². The Labute approximate surface area is 97.4 Å². The molecule has 4 nitrogen and oxygen atoms in total. The summed E-state index contributed by atoms with van der Waals surface area (Å²) in [6, 6.07) is 0. The maximum Gasteiger partial charge on any atom is 2.00 e. The Hall–Kier alpha value is 0.159. The molecule has 0 aromatic carbocycles. The first-order valence-corrected chi connectivity index (χ1v) is 5.36. The molecule has 0 saturated carbocycles. The second kappa shape index (κ2) is 14.7. The van der Waals surface area contributed by atoms with Crippen LogP contribution in [-0.2, 0) is 17.1 Å². The summed E-state index contributed by atoms with van der Waals surface area (Å²) in [5.74, 6) is 1.55. The zero-order valence-electron chi connectivity index (χ0n) is 7.50. The van der Waals surface area contributed by atoms with Crippen molar-refractivity contribution in [1.29, 1.82) is 0 Å². The Balaban J connectivity index is -0.000000143. The fraction of sp³-hybridized carbons (Fsp3) is 0.667. The normalized spacial score (nSPS) is 7.54. The zero-order chi connectivity index (χ0) is 9.98. The molecule has 4 N–H and O–H groups in total. The van der Waals surface area contributed by atoms with Gasteiger partial charge in [0.05, 0.1) is 0 Å². The van der Waals surface area contributed by atoms with Crippen molar-refractivity contribution in [2.45, 2.75) is 13.8 Å². The monoisotopic (exact) mass is 273 g/mol. The molecule has 0 spiro atoms. The Morgan fingerprint density at radius 2 is 1.23 bits per heavy atom. The maximum absolute atomic E-state index is 9.78. The molecule has 0 fully saturated rings. The molecule has 81 valence electrons. The largest absolute Gasteiger partial charge is 2.00 e. The fourth-order valence-electron chi connectivity index (χ4n) is 0.285. The van der Waals surface area contributed by atoms with E-state index in [1.165, 1.54) is 0 Å². The molecular weight excluding hydrogens is 260 g/mol. The summed E-state index contributed by atoms with van der Waals surface area (Å²) in [5.41, 5.74) is 9.45. The molecule has 0 rings (SSSR count). The number of hydrogen-bond donors (Lipinski definition) is 2. The van der Waals surface area contributed by atoms with Gasteiger partial charge in [-0.05, 0) is 11.5 Å². The van der Waals surface area contributed by atoms with Gasteiger partial charge in [0.25, 0.3) is 10.5 Å². The van der Waals surface area contributed by atoms with Crippen molar-refractivity contribution in [3.05, 3.63) is 0 Å². The topological polar surface area (TPSA) is 86.2 Å². The van der Waals surface area contributed by atoms with Gasteiger partial charge in [0.2, 0.25) is 0 Å². The molecule has 0 atom stereocenters. The average molecular weight is 274 g/mol. The summed E-state index contributed by atoms with van der Waals surface area (Å²) in [6.45, 7) is 3.77. The first-order valence-electron chi connectivity index (χ1n) is 3.39. The number of rotatable bonds is 2. The van der Waals surface area contributed by atoms with Gasteiger partial charge < -0.3 is 11.5 Å². The third kappa shape index (κ3) is 33.1. The third-order valence-corrected chi connectivity index (χ3v) is 1.72. The predicted molar refractivity (Wildman–Crippen MR) is 55.4 cm³/mol. The standard InChI is InChI=1S/2C3H7NOS.Cu/c2*1-2-6-3(4)5;/h2*2H2,1H3,(H2,4,5);/q;;+2. The van der Waals surface area contributed by atoms with Crippen molar-refractivity contribution in [2.24, 2.45) is 11.5 Å². The fourth-order valence-corrected chi connectivity index (χ4v) is 0.854. The first-order chi connectivity index (χ1) is 5.54. The van der Waals surface area contributed by atoms with Crippen LogP contribution in [0.4, 0.5) is 9.59 Å². The van der Waals surface area contributed by atoms with Gasteiger partial charge in [-0.1, -0.05) is 37.4 Å². The minimum absolute atomic E-state index is 0. The van der Waals surface area contributed by atoms with E-state index in [2.05, 4.69) is 0 Å². The summed E-state index contributed by atoms with van der Waals surface area (Å²) in [4.78, 5) is 19.6. The molecule has 0 aliphatic heterocycles. The van der Waals surface area contributed by atoms with Crippen molar-refractivity contribution in [3.8, 4) is 0 Å². The molecule has 2 amide bonds. The van der Waals surface area contributed by atoms with Crippen LogP contribution < -0.4 is 11.5 Å². The van der Waals surface area contributed by atoms with E-state index in [4.69, 9.17) is 11.5 Å². The Morgan fingerprint density at radius 1 is 1.00 bits per heavy atom. The average Bonchev–Trinajstić information content (AvgIpc) is 1.87. The number of hydrogen-bond acceptors (Lipinski definition) is 4. The summed E-state index contributed by atoms with van der Waals surface area (Å²) in [7, 11) is 0. The van der Waals surface area contributed by atoms with Gasteiger partial charge >= 0.3 is 17.1 Å². The van der Waals surface area contributed by atoms with Gasteiger partial charge in [-0.3, -0.25) is 9.59 Å². The summed E-state index contributed by atoms with van der Waals surface area (Å²) in [5, 5.41) is -0.588. The third-order valence-electron chi connectivity index (χ3n) is 0.573. The van der Waals surface area contributed by atoms with Crippen LogP contribution in [0.25, 0.3) is 0 Å². The molecule has 1 radical (unpaired) electrons. The van der Waals surface area contributed by atoms with Gasteiger partial charge in [-0.2, -0.15) is 0 Å². The number of nitrogens with two attached hydrogens (primary N) is 2. The second-order valence-corrected chi connectivity index (χ2v) is 4.04. The van der Waals surface area contributed by atoms with Gasteiger partial charge in [-0.25, -0.2) is 0 Å². The van der Waals surface area contributed by atoms with Crippen molar-refractivity contribution in [3.63, 3.8) is 0 Å². The van der Waals surface area contributed by atoms with Crippen LogP contribution in [-0.4, -0.2) is 22.0 Å². The van der Waals surface area contributed by atoms with Crippen LogP contribution >= 0.6 is 23.5 Å². The summed E-state index contributed by atoms with van der Waals surface area (Å²) in [6.07, 6.45) is 0. The van der Waals surface area contributed by atoms with Crippen molar-refractivity contribution < 1.29 is 26.7 Å². The van der Waals surface area contributed by atoms with E-state index in [-0.39, 0.29) is 27.5 Å². The summed E-state index contributed by atoms with van der Waals surface area (Å²) < 4.78 is 0. The Morgan fingerprint density at radius 3 is 1.23 bits per heavy atom. The molecule has 0 aliphatic carbocycles. The van der Waals surface area contributed by atoms with Gasteiger partial charge in [0.1, 0.15) is 0 Å². The molecule has 0 saturated heterocycles. The smallest absolute Gasteiger partial charge is 0.361 e. The van der Waals surface area contributed by atoms with E-state index < -0.39 is 0 Å². The number of amides is 2. The molecular formula is C6H14CuN2O2S2+2. The Bertz CT molecular complexity index is 131. The first kappa shape index (κ1) is 18.9. The maximum atomic E-state index is 9.78. The molecule has 0 bridgehead atoms. The van der Waals surface area contributed by atoms with Gasteiger partial charge in [0.15, 0.2) is 0 Å². The minimum Gasteiger partial charge on any atom is -0.361 e. The van der Waals surface area contributed by atoms with Crippen molar-refractivity contribution in [2.75, 3.05) is 11.5 Å². The Kier molecular flexibility index (Phi) is 21.3. The molecule has 0 aromatic rings. The number of primary amides is 2. The van der Waals surface area contributed by atoms with Crippen molar-refractivity contribution in [1.82, 2.24) is 0 Å². The quantitative estimate of drug-likeness (QED) is 0.749. The number of thioether (sulfide) groups is 2. The van der Waals surface area contributed by atoms with E-state index >= 15 is 0 Å². The van der Waals surface area contributed by atoms with Crippen molar-refractivity contribution >= 4 is 34.0 Å². The van der Waals surface area contributed by atoms with Crippen LogP contribution in [0.1, 0.15) is 13.8 Å². The van der Waals surface area contributed by atoms with Crippen LogP contribution in [0.5, 0.6) is 0 Å². The SMILES string of the molecule is CCSC(N)=O.CCSC(N)=O.[Cu+2]. The summed E-state index contributed by atoms with van der Waals surface area (Å²) >= 11 is 2.25. The number of carbonyl (C=O) groups is 2. The second-order valence-electron chi connectivity index (χ2n) is 1.50. The molecule has 0 aromatic heterocycles. The minimum atomic E-state index is -0.294. The molecule has 0 aliphatic rings. The van der Waals surface area contributed by atoms with E-state index in [1.807, 2.05) is 13.8 Å². The molecule has 7 heteroatoms.